The van der Waals surface area contributed by atoms with Gasteiger partial charge in [-0.2, -0.15) is 0 Å². The Balaban J connectivity index is 1.86. The van der Waals surface area contributed by atoms with E-state index < -0.39 is 0 Å². The molecule has 1 N–H and O–H groups in total. The van der Waals surface area contributed by atoms with Crippen LogP contribution in [-0.2, 0) is 0 Å². The molecule has 0 aliphatic rings. The first-order valence-electron chi connectivity index (χ1n) is 11.6. The van der Waals surface area contributed by atoms with Crippen molar-refractivity contribution in [3.05, 3.63) is 119 Å². The number of hydrogen-bond donors (Lipinski definition) is 1. The molecule has 0 fully saturated rings. The van der Waals surface area contributed by atoms with Gasteiger partial charge < -0.3 is 5.32 Å². The van der Waals surface area contributed by atoms with Crippen molar-refractivity contribution in [2.45, 2.75) is 45.6 Å². The number of hydrogen-bond acceptors (Lipinski definition) is 1. The molecule has 1 unspecified atom stereocenters. The number of anilines is 1. The largest absolute Gasteiger partial charge is 0.374 e. The summed E-state index contributed by atoms with van der Waals surface area (Å²) in [5, 5.41) is 6.42. The lowest BCUT2D eigenvalue weighted by molar-refractivity contribution is 0.782. The van der Waals surface area contributed by atoms with Crippen LogP contribution in [-0.4, -0.2) is 0 Å². The Hall–Kier alpha value is -3.32. The molecule has 1 atom stereocenters. The van der Waals surface area contributed by atoms with E-state index in [2.05, 4.69) is 136 Å². The molecule has 0 saturated heterocycles. The van der Waals surface area contributed by atoms with Crippen molar-refractivity contribution < 1.29 is 0 Å². The van der Waals surface area contributed by atoms with Crippen LogP contribution in [0.5, 0.6) is 0 Å². The van der Waals surface area contributed by atoms with E-state index in [1.165, 1.54) is 38.7 Å². The summed E-state index contributed by atoms with van der Waals surface area (Å²) in [6, 6.07) is 32.5. The fourth-order valence-electron chi connectivity index (χ4n) is 4.47. The maximum atomic E-state index is 3.91. The Morgan fingerprint density at radius 3 is 1.91 bits per heavy atom. The molecule has 1 nitrogen and oxygen atoms in total. The lowest BCUT2D eigenvalue weighted by Gasteiger charge is -2.27. The summed E-state index contributed by atoms with van der Waals surface area (Å²) < 4.78 is 0. The second-order valence-electron chi connectivity index (χ2n) is 9.08. The Morgan fingerprint density at radius 1 is 0.625 bits per heavy atom. The Labute approximate surface area is 192 Å². The van der Waals surface area contributed by atoms with Gasteiger partial charge in [0.05, 0.1) is 6.04 Å². The van der Waals surface area contributed by atoms with Crippen molar-refractivity contribution in [3.8, 4) is 0 Å². The molecule has 0 amide bonds. The van der Waals surface area contributed by atoms with Gasteiger partial charge in [-0.15, -0.1) is 0 Å². The van der Waals surface area contributed by atoms with Crippen LogP contribution in [0.1, 0.15) is 67.8 Å². The molecule has 0 aromatic heterocycles. The molecule has 4 aromatic carbocycles. The first-order chi connectivity index (χ1) is 15.5. The van der Waals surface area contributed by atoms with Crippen molar-refractivity contribution in [2.75, 3.05) is 5.32 Å². The fourth-order valence-corrected chi connectivity index (χ4v) is 4.47. The Morgan fingerprint density at radius 2 is 1.22 bits per heavy atom. The summed E-state index contributed by atoms with van der Waals surface area (Å²) in [5.74, 6) is 0.899. The van der Waals surface area contributed by atoms with E-state index in [1.807, 2.05) is 0 Å². The van der Waals surface area contributed by atoms with Crippen LogP contribution in [0.4, 0.5) is 5.69 Å². The van der Waals surface area contributed by atoms with Gasteiger partial charge in [0.2, 0.25) is 0 Å². The second-order valence-corrected chi connectivity index (χ2v) is 9.08. The molecule has 0 heterocycles. The van der Waals surface area contributed by atoms with Gasteiger partial charge in [0.15, 0.2) is 0 Å². The molecule has 0 aliphatic heterocycles. The first-order valence-corrected chi connectivity index (χ1v) is 11.6. The highest BCUT2D eigenvalue weighted by atomic mass is 14.9. The predicted octanol–water partition coefficient (Wildman–Crippen LogP) is 8.95. The summed E-state index contributed by atoms with van der Waals surface area (Å²) >= 11 is 0. The lowest BCUT2D eigenvalue weighted by Crippen LogP contribution is -2.15. The Kier molecular flexibility index (Phi) is 6.75. The predicted molar refractivity (Wildman–Crippen MR) is 140 cm³/mol. The SMILES string of the molecule is CC(C)c1cccc(C(C)C)c1C(C=Cc1ccccc1)Nc1cccc2ccccc12. The minimum atomic E-state index is 0.0667. The monoisotopic (exact) mass is 419 g/mol. The molecule has 0 bridgehead atoms. The van der Waals surface area contributed by atoms with E-state index >= 15 is 0 Å². The molecule has 0 radical (unpaired) electrons. The van der Waals surface area contributed by atoms with Crippen LogP contribution in [0.3, 0.4) is 0 Å². The maximum Gasteiger partial charge on any atom is 0.0706 e. The average molecular weight is 420 g/mol. The topological polar surface area (TPSA) is 12.0 Å². The van der Waals surface area contributed by atoms with E-state index in [0.717, 1.165) is 0 Å². The van der Waals surface area contributed by atoms with Gasteiger partial charge >= 0.3 is 0 Å². The zero-order valence-corrected chi connectivity index (χ0v) is 19.5. The molecule has 0 saturated carbocycles. The van der Waals surface area contributed by atoms with Crippen molar-refractivity contribution in [3.63, 3.8) is 0 Å². The van der Waals surface area contributed by atoms with Crippen LogP contribution in [0.15, 0.2) is 97.1 Å². The van der Waals surface area contributed by atoms with E-state index in [0.29, 0.717) is 11.8 Å². The summed E-state index contributed by atoms with van der Waals surface area (Å²) in [7, 11) is 0. The molecular formula is C31H33N. The van der Waals surface area contributed by atoms with Gasteiger partial charge in [-0.05, 0) is 45.5 Å². The molecule has 4 aromatic rings. The van der Waals surface area contributed by atoms with Crippen LogP contribution in [0.2, 0.25) is 0 Å². The summed E-state index contributed by atoms with van der Waals surface area (Å²) in [6.07, 6.45) is 4.56. The molecule has 32 heavy (non-hydrogen) atoms. The molecular weight excluding hydrogens is 386 g/mol. The van der Waals surface area contributed by atoms with Crippen LogP contribution in [0, 0.1) is 0 Å². The quantitative estimate of drug-likeness (QED) is 0.315. The van der Waals surface area contributed by atoms with E-state index in [1.54, 1.807) is 0 Å². The molecule has 1 heteroatoms. The van der Waals surface area contributed by atoms with Crippen molar-refractivity contribution >= 4 is 22.5 Å². The van der Waals surface area contributed by atoms with Crippen LogP contribution >= 0.6 is 0 Å². The van der Waals surface area contributed by atoms with Gasteiger partial charge in [0, 0.05) is 11.1 Å². The minimum Gasteiger partial charge on any atom is -0.374 e. The van der Waals surface area contributed by atoms with Crippen LogP contribution < -0.4 is 5.32 Å². The standard InChI is InChI=1S/C31H33N/c1-22(2)26-17-11-18-27(23(3)4)31(26)30(21-20-24-12-6-5-7-13-24)32-29-19-10-15-25-14-8-9-16-28(25)29/h5-23,30,32H,1-4H3. The fraction of sp³-hybridized carbons (Fsp3) is 0.226. The van der Waals surface area contributed by atoms with Gasteiger partial charge in [0.25, 0.3) is 0 Å². The van der Waals surface area contributed by atoms with E-state index in [4.69, 9.17) is 0 Å². The average Bonchev–Trinajstić information content (AvgIpc) is 2.82. The van der Waals surface area contributed by atoms with Crippen molar-refractivity contribution in [1.29, 1.82) is 0 Å². The second kappa shape index (κ2) is 9.87. The third-order valence-electron chi connectivity index (χ3n) is 6.11. The first kappa shape index (κ1) is 21.9. The normalized spacial score (nSPS) is 12.7. The number of fused-ring (bicyclic) bond motifs is 1. The van der Waals surface area contributed by atoms with Gasteiger partial charge in [-0.3, -0.25) is 0 Å². The molecule has 4 rings (SSSR count). The molecule has 0 aliphatic carbocycles. The highest BCUT2D eigenvalue weighted by Gasteiger charge is 2.21. The number of nitrogens with one attached hydrogen (secondary N) is 1. The third kappa shape index (κ3) is 4.78. The van der Waals surface area contributed by atoms with Crippen molar-refractivity contribution in [1.82, 2.24) is 0 Å². The maximum absolute atomic E-state index is 3.91. The highest BCUT2D eigenvalue weighted by molar-refractivity contribution is 5.94. The number of benzene rings is 4. The van der Waals surface area contributed by atoms with E-state index in [9.17, 15) is 0 Å². The Bertz CT molecular complexity index is 1170. The third-order valence-corrected chi connectivity index (χ3v) is 6.11. The van der Waals surface area contributed by atoms with E-state index in [-0.39, 0.29) is 6.04 Å². The lowest BCUT2D eigenvalue weighted by atomic mass is 9.84. The molecule has 0 spiro atoms. The van der Waals surface area contributed by atoms with Crippen molar-refractivity contribution in [2.24, 2.45) is 0 Å². The summed E-state index contributed by atoms with van der Waals surface area (Å²) in [4.78, 5) is 0. The summed E-state index contributed by atoms with van der Waals surface area (Å²) in [6.45, 7) is 9.16. The minimum absolute atomic E-state index is 0.0667. The highest BCUT2D eigenvalue weighted by Crippen LogP contribution is 2.36. The zero-order chi connectivity index (χ0) is 22.5. The van der Waals surface area contributed by atoms with Gasteiger partial charge in [-0.1, -0.05) is 125 Å². The zero-order valence-electron chi connectivity index (χ0n) is 19.5. The smallest absolute Gasteiger partial charge is 0.0706 e. The number of rotatable bonds is 7. The molecule has 162 valence electrons. The van der Waals surface area contributed by atoms with Gasteiger partial charge in [-0.25, -0.2) is 0 Å². The summed E-state index contributed by atoms with van der Waals surface area (Å²) in [5.41, 5.74) is 6.60. The van der Waals surface area contributed by atoms with Crippen LogP contribution in [0.25, 0.3) is 16.8 Å². The van der Waals surface area contributed by atoms with Gasteiger partial charge in [0.1, 0.15) is 0 Å².